The van der Waals surface area contributed by atoms with Crippen LogP contribution >= 0.6 is 15.9 Å². The van der Waals surface area contributed by atoms with Gasteiger partial charge in [-0.15, -0.1) is 0 Å². The summed E-state index contributed by atoms with van der Waals surface area (Å²) in [5.41, 5.74) is 1.74. The molecule has 1 aromatic heterocycles. The van der Waals surface area contributed by atoms with Crippen LogP contribution in [0.15, 0.2) is 33.3 Å². The number of carbonyl (C=O) groups is 1. The summed E-state index contributed by atoms with van der Waals surface area (Å²) < 4.78 is 5.90. The maximum atomic E-state index is 10.7. The topological polar surface area (TPSA) is 63.3 Å². The molecular weight excluding hydrogens is 274 g/mol. The van der Waals surface area contributed by atoms with Crippen LogP contribution in [0.3, 0.4) is 0 Å². The molecule has 2 aromatic rings. The van der Waals surface area contributed by atoms with Gasteiger partial charge in [0.2, 0.25) is 0 Å². The fraction of sp³-hybridized carbons (Fsp3) is 0.0909. The first-order valence-corrected chi connectivity index (χ1v) is 5.34. The molecule has 16 heavy (non-hydrogen) atoms. The molecule has 0 amide bonds. The van der Waals surface area contributed by atoms with Crippen molar-refractivity contribution in [1.82, 2.24) is 5.16 Å². The van der Waals surface area contributed by atoms with Crippen LogP contribution in [-0.4, -0.2) is 16.2 Å². The minimum Gasteiger partial charge on any atom is -0.476 e. The zero-order valence-corrected chi connectivity index (χ0v) is 9.98. The Morgan fingerprint density at radius 1 is 1.44 bits per heavy atom. The molecule has 1 aromatic carbocycles. The standard InChI is InChI=1S/C11H8BrNO3/c1-6-2-3-7(12)4-8(6)10-5-9(11(14)15)13-16-10/h2-5H,1H3,(H,14,15). The maximum Gasteiger partial charge on any atom is 0.358 e. The minimum atomic E-state index is -1.09. The first-order chi connectivity index (χ1) is 7.58. The quantitative estimate of drug-likeness (QED) is 0.919. The smallest absolute Gasteiger partial charge is 0.358 e. The number of nitrogens with zero attached hydrogens (tertiary/aromatic N) is 1. The summed E-state index contributed by atoms with van der Waals surface area (Å²) in [5.74, 6) is -0.640. The Morgan fingerprint density at radius 2 is 2.19 bits per heavy atom. The van der Waals surface area contributed by atoms with E-state index in [1.54, 1.807) is 0 Å². The molecule has 2 rings (SSSR count). The van der Waals surface area contributed by atoms with Crippen LogP contribution in [0.25, 0.3) is 11.3 Å². The second-order valence-electron chi connectivity index (χ2n) is 3.34. The molecule has 4 nitrogen and oxygen atoms in total. The molecule has 1 heterocycles. The average molecular weight is 282 g/mol. The number of aromatic nitrogens is 1. The van der Waals surface area contributed by atoms with Gasteiger partial charge in [-0.1, -0.05) is 27.2 Å². The summed E-state index contributed by atoms with van der Waals surface area (Å²) in [7, 11) is 0. The van der Waals surface area contributed by atoms with E-state index in [-0.39, 0.29) is 5.69 Å². The number of aryl methyl sites for hydroxylation is 1. The van der Waals surface area contributed by atoms with E-state index in [9.17, 15) is 4.79 Å². The molecule has 1 N–H and O–H groups in total. The van der Waals surface area contributed by atoms with Gasteiger partial charge in [-0.3, -0.25) is 0 Å². The number of carboxylic acids is 1. The number of rotatable bonds is 2. The van der Waals surface area contributed by atoms with E-state index in [0.717, 1.165) is 15.6 Å². The van der Waals surface area contributed by atoms with Crippen molar-refractivity contribution in [3.8, 4) is 11.3 Å². The van der Waals surface area contributed by atoms with Gasteiger partial charge in [0.05, 0.1) is 0 Å². The van der Waals surface area contributed by atoms with E-state index < -0.39 is 5.97 Å². The maximum absolute atomic E-state index is 10.7. The molecule has 82 valence electrons. The summed E-state index contributed by atoms with van der Waals surface area (Å²) in [6, 6.07) is 7.11. The second-order valence-corrected chi connectivity index (χ2v) is 4.26. The van der Waals surface area contributed by atoms with Crippen molar-refractivity contribution in [3.63, 3.8) is 0 Å². The first kappa shape index (κ1) is 10.9. The molecule has 0 saturated heterocycles. The lowest BCUT2D eigenvalue weighted by molar-refractivity contribution is 0.0686. The molecule has 5 heteroatoms. The summed E-state index contributed by atoms with van der Waals surface area (Å²) in [6.07, 6.45) is 0. The number of benzene rings is 1. The molecule has 0 bridgehead atoms. The van der Waals surface area contributed by atoms with E-state index >= 15 is 0 Å². The molecule has 0 fully saturated rings. The predicted octanol–water partition coefficient (Wildman–Crippen LogP) is 3.11. The molecule has 0 spiro atoms. The van der Waals surface area contributed by atoms with Crippen molar-refractivity contribution in [2.24, 2.45) is 0 Å². The third-order valence-electron chi connectivity index (χ3n) is 2.19. The average Bonchev–Trinajstić information content (AvgIpc) is 2.70. The highest BCUT2D eigenvalue weighted by Gasteiger charge is 2.13. The molecule has 0 unspecified atom stereocenters. The van der Waals surface area contributed by atoms with Crippen LogP contribution in [0.1, 0.15) is 16.1 Å². The van der Waals surface area contributed by atoms with Gasteiger partial charge in [0.1, 0.15) is 0 Å². The molecule has 0 aliphatic heterocycles. The van der Waals surface area contributed by atoms with E-state index in [0.29, 0.717) is 5.76 Å². The number of aromatic carboxylic acids is 1. The zero-order valence-electron chi connectivity index (χ0n) is 8.40. The summed E-state index contributed by atoms with van der Waals surface area (Å²) in [5, 5.41) is 12.2. The van der Waals surface area contributed by atoms with Gasteiger partial charge >= 0.3 is 5.97 Å². The van der Waals surface area contributed by atoms with Crippen LogP contribution in [0.2, 0.25) is 0 Å². The Kier molecular flexibility index (Phi) is 2.78. The van der Waals surface area contributed by atoms with Crippen LogP contribution in [-0.2, 0) is 0 Å². The molecule has 0 aliphatic carbocycles. The van der Waals surface area contributed by atoms with E-state index in [4.69, 9.17) is 9.63 Å². The largest absolute Gasteiger partial charge is 0.476 e. The van der Waals surface area contributed by atoms with Crippen molar-refractivity contribution < 1.29 is 14.4 Å². The number of halogens is 1. The Bertz CT molecular complexity index is 548. The van der Waals surface area contributed by atoms with Gasteiger partial charge in [0, 0.05) is 16.1 Å². The summed E-state index contributed by atoms with van der Waals surface area (Å²) >= 11 is 3.35. The Hall–Kier alpha value is -1.62. The molecular formula is C11H8BrNO3. The monoisotopic (exact) mass is 281 g/mol. The van der Waals surface area contributed by atoms with E-state index in [2.05, 4.69) is 21.1 Å². The fourth-order valence-corrected chi connectivity index (χ4v) is 1.72. The van der Waals surface area contributed by atoms with Gasteiger partial charge in [0.25, 0.3) is 0 Å². The van der Waals surface area contributed by atoms with Gasteiger partial charge in [-0.05, 0) is 24.6 Å². The number of hydrogen-bond acceptors (Lipinski definition) is 3. The lowest BCUT2D eigenvalue weighted by Gasteiger charge is -2.01. The lowest BCUT2D eigenvalue weighted by Crippen LogP contribution is -1.94. The predicted molar refractivity (Wildman–Crippen MR) is 61.3 cm³/mol. The third-order valence-corrected chi connectivity index (χ3v) is 2.69. The summed E-state index contributed by atoms with van der Waals surface area (Å²) in [6.45, 7) is 1.92. The van der Waals surface area contributed by atoms with Crippen molar-refractivity contribution in [2.45, 2.75) is 6.92 Å². The highest BCUT2D eigenvalue weighted by atomic mass is 79.9. The van der Waals surface area contributed by atoms with Gasteiger partial charge < -0.3 is 9.63 Å². The van der Waals surface area contributed by atoms with Crippen molar-refractivity contribution in [1.29, 1.82) is 0 Å². The van der Waals surface area contributed by atoms with Crippen molar-refractivity contribution >= 4 is 21.9 Å². The van der Waals surface area contributed by atoms with E-state index in [1.165, 1.54) is 6.07 Å². The fourth-order valence-electron chi connectivity index (χ4n) is 1.36. The number of carboxylic acid groups (broad SMARTS) is 1. The molecule has 0 saturated carbocycles. The van der Waals surface area contributed by atoms with Crippen LogP contribution < -0.4 is 0 Å². The molecule has 0 aliphatic rings. The lowest BCUT2D eigenvalue weighted by atomic mass is 10.1. The Balaban J connectivity index is 2.50. The molecule has 0 atom stereocenters. The van der Waals surface area contributed by atoms with Gasteiger partial charge in [-0.25, -0.2) is 4.79 Å². The number of hydrogen-bond donors (Lipinski definition) is 1. The SMILES string of the molecule is Cc1ccc(Br)cc1-c1cc(C(=O)O)no1. The van der Waals surface area contributed by atoms with Gasteiger partial charge in [-0.2, -0.15) is 0 Å². The zero-order chi connectivity index (χ0) is 11.7. The van der Waals surface area contributed by atoms with Crippen LogP contribution in [0.4, 0.5) is 0 Å². The normalized spacial score (nSPS) is 10.4. The highest BCUT2D eigenvalue weighted by Crippen LogP contribution is 2.27. The van der Waals surface area contributed by atoms with Crippen molar-refractivity contribution in [3.05, 3.63) is 40.0 Å². The minimum absolute atomic E-state index is 0.0885. The van der Waals surface area contributed by atoms with Gasteiger partial charge in [0.15, 0.2) is 11.5 Å². The summed E-state index contributed by atoms with van der Waals surface area (Å²) in [4.78, 5) is 10.7. The Labute approximate surface area is 100 Å². The van der Waals surface area contributed by atoms with E-state index in [1.807, 2.05) is 25.1 Å². The van der Waals surface area contributed by atoms with Crippen LogP contribution in [0, 0.1) is 6.92 Å². The Morgan fingerprint density at radius 3 is 2.81 bits per heavy atom. The first-order valence-electron chi connectivity index (χ1n) is 4.54. The molecule has 0 radical (unpaired) electrons. The second kappa shape index (κ2) is 4.09. The van der Waals surface area contributed by atoms with Crippen molar-refractivity contribution in [2.75, 3.05) is 0 Å². The highest BCUT2D eigenvalue weighted by molar-refractivity contribution is 9.10. The third kappa shape index (κ3) is 1.99. The van der Waals surface area contributed by atoms with Crippen LogP contribution in [0.5, 0.6) is 0 Å².